The van der Waals surface area contributed by atoms with Gasteiger partial charge in [0.15, 0.2) is 6.10 Å². The summed E-state index contributed by atoms with van der Waals surface area (Å²) in [4.78, 5) is 12.0. The van der Waals surface area contributed by atoms with E-state index >= 15 is 0 Å². The van der Waals surface area contributed by atoms with Crippen LogP contribution in [0.25, 0.3) is 0 Å². The van der Waals surface area contributed by atoms with Crippen molar-refractivity contribution in [3.05, 3.63) is 24.3 Å². The van der Waals surface area contributed by atoms with E-state index in [2.05, 4.69) is 5.32 Å². The first-order valence-electron chi connectivity index (χ1n) is 8.44. The summed E-state index contributed by atoms with van der Waals surface area (Å²) in [6, 6.07) is 7.59. The van der Waals surface area contributed by atoms with Crippen LogP contribution < -0.4 is 15.5 Å². The van der Waals surface area contributed by atoms with Crippen molar-refractivity contribution in [2.75, 3.05) is 0 Å². The van der Waals surface area contributed by atoms with E-state index in [4.69, 9.17) is 14.0 Å². The lowest BCUT2D eigenvalue weighted by Crippen LogP contribution is -2.41. The second-order valence-electron chi connectivity index (χ2n) is 7.58. The quantitative estimate of drug-likeness (QED) is 0.840. The van der Waals surface area contributed by atoms with Crippen molar-refractivity contribution in [1.82, 2.24) is 5.32 Å². The van der Waals surface area contributed by atoms with Gasteiger partial charge in [-0.05, 0) is 66.1 Å². The normalized spacial score (nSPS) is 20.1. The SMILES string of the molecule is CC(C)NC(=O)C(C)Oc1cccc(B2OC(C)(C)C(C)(C)O2)c1. The van der Waals surface area contributed by atoms with Crippen molar-refractivity contribution in [3.8, 4) is 5.75 Å². The molecule has 6 heteroatoms. The third kappa shape index (κ3) is 4.11. The Balaban J connectivity index is 2.09. The lowest BCUT2D eigenvalue weighted by molar-refractivity contribution is -0.127. The minimum atomic E-state index is -0.569. The molecule has 1 saturated heterocycles. The fourth-order valence-corrected chi connectivity index (χ4v) is 2.37. The smallest absolute Gasteiger partial charge is 0.481 e. The number of amides is 1. The van der Waals surface area contributed by atoms with Crippen molar-refractivity contribution in [3.63, 3.8) is 0 Å². The molecule has 0 spiro atoms. The van der Waals surface area contributed by atoms with Crippen LogP contribution in [0.1, 0.15) is 48.5 Å². The van der Waals surface area contributed by atoms with E-state index in [0.717, 1.165) is 5.46 Å². The molecular weight excluding hydrogens is 305 g/mol. The molecule has 1 aromatic carbocycles. The van der Waals surface area contributed by atoms with Gasteiger partial charge in [-0.15, -0.1) is 0 Å². The molecule has 1 heterocycles. The summed E-state index contributed by atoms with van der Waals surface area (Å²) in [5.41, 5.74) is 0.0976. The fraction of sp³-hybridized carbons (Fsp3) is 0.611. The number of hydrogen-bond acceptors (Lipinski definition) is 4. The zero-order chi connectivity index (χ0) is 18.1. The summed E-state index contributed by atoms with van der Waals surface area (Å²) in [5.74, 6) is 0.486. The van der Waals surface area contributed by atoms with Crippen LogP contribution in [-0.2, 0) is 14.1 Å². The van der Waals surface area contributed by atoms with Gasteiger partial charge in [0.05, 0.1) is 11.2 Å². The van der Waals surface area contributed by atoms with Crippen molar-refractivity contribution in [2.45, 2.75) is 71.8 Å². The standard InChI is InChI=1S/C18H28BNO4/c1-12(2)20-16(21)13(3)22-15-10-8-9-14(11-15)19-23-17(4,5)18(6,7)24-19/h8-13H,1-7H3,(H,20,21). The zero-order valence-electron chi connectivity index (χ0n) is 15.7. The van der Waals surface area contributed by atoms with E-state index in [1.54, 1.807) is 6.92 Å². The number of carbonyl (C=O) groups is 1. The Morgan fingerprint density at radius 2 is 1.71 bits per heavy atom. The summed E-state index contributed by atoms with van der Waals surface area (Å²) < 4.78 is 17.9. The minimum Gasteiger partial charge on any atom is -0.481 e. The Morgan fingerprint density at radius 3 is 2.25 bits per heavy atom. The van der Waals surface area contributed by atoms with Crippen LogP contribution in [0.5, 0.6) is 5.75 Å². The second-order valence-corrected chi connectivity index (χ2v) is 7.58. The van der Waals surface area contributed by atoms with Gasteiger partial charge >= 0.3 is 7.12 Å². The minimum absolute atomic E-state index is 0.0830. The molecule has 0 saturated carbocycles. The molecule has 0 radical (unpaired) electrons. The number of hydrogen-bond donors (Lipinski definition) is 1. The monoisotopic (exact) mass is 333 g/mol. The van der Waals surface area contributed by atoms with E-state index in [0.29, 0.717) is 5.75 Å². The lowest BCUT2D eigenvalue weighted by Gasteiger charge is -2.32. The predicted octanol–water partition coefficient (Wildman–Crippen LogP) is 2.28. The molecule has 0 aromatic heterocycles. The molecular formula is C18H28BNO4. The van der Waals surface area contributed by atoms with Crippen molar-refractivity contribution in [1.29, 1.82) is 0 Å². The number of rotatable bonds is 5. The Hall–Kier alpha value is -1.53. The summed E-state index contributed by atoms with van der Waals surface area (Å²) in [7, 11) is -0.446. The largest absolute Gasteiger partial charge is 0.494 e. The number of ether oxygens (including phenoxy) is 1. The highest BCUT2D eigenvalue weighted by Crippen LogP contribution is 2.36. The van der Waals surface area contributed by atoms with Gasteiger partial charge in [0.2, 0.25) is 0 Å². The predicted molar refractivity (Wildman–Crippen MR) is 95.5 cm³/mol. The van der Waals surface area contributed by atoms with Gasteiger partial charge in [0.25, 0.3) is 5.91 Å². The molecule has 1 amide bonds. The first kappa shape index (κ1) is 18.8. The van der Waals surface area contributed by atoms with Crippen LogP contribution in [0.2, 0.25) is 0 Å². The van der Waals surface area contributed by atoms with E-state index < -0.39 is 13.2 Å². The summed E-state index contributed by atoms with van der Waals surface area (Å²) in [5, 5.41) is 2.84. The maximum atomic E-state index is 12.0. The number of benzene rings is 1. The molecule has 1 N–H and O–H groups in total. The van der Waals surface area contributed by atoms with E-state index in [-0.39, 0.29) is 23.2 Å². The Labute approximate surface area is 145 Å². The lowest BCUT2D eigenvalue weighted by atomic mass is 9.79. The van der Waals surface area contributed by atoms with Gasteiger partial charge < -0.3 is 19.4 Å². The highest BCUT2D eigenvalue weighted by Gasteiger charge is 2.51. The molecule has 1 unspecified atom stereocenters. The van der Waals surface area contributed by atoms with Gasteiger partial charge in [-0.2, -0.15) is 0 Å². The second kappa shape index (κ2) is 6.77. The van der Waals surface area contributed by atoms with Gasteiger partial charge in [0, 0.05) is 6.04 Å². The zero-order valence-corrected chi connectivity index (χ0v) is 15.7. The maximum absolute atomic E-state index is 12.0. The summed E-state index contributed by atoms with van der Waals surface area (Å²) in [6.07, 6.45) is -0.569. The number of carbonyl (C=O) groups excluding carboxylic acids is 1. The average Bonchev–Trinajstić information content (AvgIpc) is 2.67. The molecule has 1 atom stereocenters. The van der Waals surface area contributed by atoms with Crippen LogP contribution in [0, 0.1) is 0 Å². The van der Waals surface area contributed by atoms with Crippen LogP contribution in [-0.4, -0.2) is 36.4 Å². The topological polar surface area (TPSA) is 56.8 Å². The molecule has 5 nitrogen and oxygen atoms in total. The fourth-order valence-electron chi connectivity index (χ4n) is 2.37. The maximum Gasteiger partial charge on any atom is 0.494 e. The third-order valence-corrected chi connectivity index (χ3v) is 4.50. The van der Waals surface area contributed by atoms with Gasteiger partial charge in [-0.3, -0.25) is 4.79 Å². The van der Waals surface area contributed by atoms with Crippen LogP contribution in [0.3, 0.4) is 0 Å². The Bertz CT molecular complexity index is 584. The molecule has 1 aliphatic rings. The van der Waals surface area contributed by atoms with Crippen molar-refractivity contribution < 1.29 is 18.8 Å². The summed E-state index contributed by atoms with van der Waals surface area (Å²) in [6.45, 7) is 13.7. The third-order valence-electron chi connectivity index (χ3n) is 4.50. The first-order valence-corrected chi connectivity index (χ1v) is 8.44. The Morgan fingerprint density at radius 1 is 1.12 bits per heavy atom. The van der Waals surface area contributed by atoms with Gasteiger partial charge in [-0.25, -0.2) is 0 Å². The van der Waals surface area contributed by atoms with E-state index in [1.807, 2.05) is 65.8 Å². The summed E-state index contributed by atoms with van der Waals surface area (Å²) >= 11 is 0. The van der Waals surface area contributed by atoms with E-state index in [1.165, 1.54) is 0 Å². The van der Waals surface area contributed by atoms with Gasteiger partial charge in [0.1, 0.15) is 5.75 Å². The number of nitrogens with one attached hydrogen (secondary N) is 1. The molecule has 24 heavy (non-hydrogen) atoms. The molecule has 1 aliphatic heterocycles. The highest BCUT2D eigenvalue weighted by atomic mass is 16.7. The van der Waals surface area contributed by atoms with Crippen LogP contribution in [0.4, 0.5) is 0 Å². The molecule has 132 valence electrons. The van der Waals surface area contributed by atoms with E-state index in [9.17, 15) is 4.79 Å². The molecule has 0 bridgehead atoms. The van der Waals surface area contributed by atoms with Crippen LogP contribution >= 0.6 is 0 Å². The highest BCUT2D eigenvalue weighted by molar-refractivity contribution is 6.62. The molecule has 2 rings (SSSR count). The van der Waals surface area contributed by atoms with Gasteiger partial charge in [-0.1, -0.05) is 12.1 Å². The molecule has 0 aliphatic carbocycles. The molecule has 1 aromatic rings. The average molecular weight is 333 g/mol. The molecule has 1 fully saturated rings. The van der Waals surface area contributed by atoms with Crippen LogP contribution in [0.15, 0.2) is 24.3 Å². The Kier molecular flexibility index (Phi) is 5.30. The van der Waals surface area contributed by atoms with Crippen molar-refractivity contribution >= 4 is 18.5 Å². The first-order chi connectivity index (χ1) is 11.0. The van der Waals surface area contributed by atoms with Crippen molar-refractivity contribution in [2.24, 2.45) is 0 Å².